The SMILES string of the molecule is COc1ccc(C(=O)O[C@@H](C)C(=O)Nc2ccccc2OC)c(O)c1. The van der Waals surface area contributed by atoms with Crippen molar-refractivity contribution in [2.24, 2.45) is 0 Å². The number of hydrogen-bond donors (Lipinski definition) is 2. The Balaban J connectivity index is 2.04. The second-order valence-corrected chi connectivity index (χ2v) is 5.12. The van der Waals surface area contributed by atoms with Gasteiger partial charge in [-0.05, 0) is 31.2 Å². The summed E-state index contributed by atoms with van der Waals surface area (Å²) in [5.74, 6) is -0.742. The zero-order valence-corrected chi connectivity index (χ0v) is 14.1. The van der Waals surface area contributed by atoms with Crippen LogP contribution < -0.4 is 14.8 Å². The molecule has 1 amide bonds. The Labute approximate surface area is 145 Å². The number of phenols is 1. The molecule has 0 radical (unpaired) electrons. The van der Waals surface area contributed by atoms with E-state index in [2.05, 4.69) is 5.32 Å². The fourth-order valence-corrected chi connectivity index (χ4v) is 2.07. The number of aromatic hydroxyl groups is 1. The number of hydrogen-bond acceptors (Lipinski definition) is 6. The molecule has 7 heteroatoms. The zero-order chi connectivity index (χ0) is 18.4. The molecule has 2 rings (SSSR count). The number of ether oxygens (including phenoxy) is 3. The highest BCUT2D eigenvalue weighted by atomic mass is 16.5. The van der Waals surface area contributed by atoms with Crippen molar-refractivity contribution in [3.8, 4) is 17.2 Å². The van der Waals surface area contributed by atoms with Gasteiger partial charge in [0.15, 0.2) is 6.10 Å². The minimum atomic E-state index is -1.07. The maximum absolute atomic E-state index is 12.2. The predicted molar refractivity (Wildman–Crippen MR) is 91.2 cm³/mol. The molecule has 25 heavy (non-hydrogen) atoms. The van der Waals surface area contributed by atoms with E-state index in [4.69, 9.17) is 14.2 Å². The van der Waals surface area contributed by atoms with Crippen molar-refractivity contribution in [1.82, 2.24) is 0 Å². The fraction of sp³-hybridized carbons (Fsp3) is 0.222. The van der Waals surface area contributed by atoms with Crippen molar-refractivity contribution in [2.75, 3.05) is 19.5 Å². The van der Waals surface area contributed by atoms with Crippen molar-refractivity contribution >= 4 is 17.6 Å². The maximum atomic E-state index is 12.2. The number of phenolic OH excluding ortho intramolecular Hbond substituents is 1. The molecule has 132 valence electrons. The summed E-state index contributed by atoms with van der Waals surface area (Å²) in [6, 6.07) is 11.0. The second-order valence-electron chi connectivity index (χ2n) is 5.12. The van der Waals surface area contributed by atoms with E-state index in [1.807, 2.05) is 0 Å². The zero-order valence-electron chi connectivity index (χ0n) is 14.1. The van der Waals surface area contributed by atoms with Gasteiger partial charge in [-0.2, -0.15) is 0 Å². The summed E-state index contributed by atoms with van der Waals surface area (Å²) in [6.45, 7) is 1.43. The van der Waals surface area contributed by atoms with Crippen molar-refractivity contribution < 1.29 is 28.9 Å². The number of amides is 1. The van der Waals surface area contributed by atoms with Gasteiger partial charge in [0.05, 0.1) is 19.9 Å². The van der Waals surface area contributed by atoms with Crippen molar-refractivity contribution in [3.63, 3.8) is 0 Å². The fourth-order valence-electron chi connectivity index (χ4n) is 2.07. The molecular formula is C18H19NO6. The van der Waals surface area contributed by atoms with Crippen molar-refractivity contribution in [1.29, 1.82) is 0 Å². The summed E-state index contributed by atoms with van der Waals surface area (Å²) in [7, 11) is 2.93. The smallest absolute Gasteiger partial charge is 0.342 e. The average molecular weight is 345 g/mol. The first-order valence-corrected chi connectivity index (χ1v) is 7.48. The molecule has 0 spiro atoms. The predicted octanol–water partition coefficient (Wildman–Crippen LogP) is 2.59. The highest BCUT2D eigenvalue weighted by Gasteiger charge is 2.22. The molecule has 0 bridgehead atoms. The summed E-state index contributed by atoms with van der Waals surface area (Å²) >= 11 is 0. The van der Waals surface area contributed by atoms with Gasteiger partial charge in [0, 0.05) is 6.07 Å². The molecule has 0 fully saturated rings. The van der Waals surface area contributed by atoms with E-state index in [1.165, 1.54) is 39.3 Å². The molecule has 0 aliphatic carbocycles. The quantitative estimate of drug-likeness (QED) is 0.782. The first kappa shape index (κ1) is 18.1. The van der Waals surface area contributed by atoms with E-state index in [0.717, 1.165) is 0 Å². The Kier molecular flexibility index (Phi) is 5.84. The van der Waals surface area contributed by atoms with E-state index in [0.29, 0.717) is 17.2 Å². The number of carbonyl (C=O) groups excluding carboxylic acids is 2. The number of methoxy groups -OCH3 is 2. The number of esters is 1. The molecule has 1 atom stereocenters. The van der Waals surface area contributed by atoms with Gasteiger partial charge in [0.25, 0.3) is 5.91 Å². The molecule has 2 aromatic carbocycles. The Bertz CT molecular complexity index is 774. The summed E-state index contributed by atoms with van der Waals surface area (Å²) in [4.78, 5) is 24.3. The third kappa shape index (κ3) is 4.41. The summed E-state index contributed by atoms with van der Waals surface area (Å²) < 4.78 is 15.2. The van der Waals surface area contributed by atoms with Crippen LogP contribution >= 0.6 is 0 Å². The van der Waals surface area contributed by atoms with Crippen LogP contribution in [-0.4, -0.2) is 37.3 Å². The second kappa shape index (κ2) is 8.05. The van der Waals surface area contributed by atoms with Crippen LogP contribution in [0.1, 0.15) is 17.3 Å². The van der Waals surface area contributed by atoms with E-state index in [9.17, 15) is 14.7 Å². The lowest BCUT2D eigenvalue weighted by Gasteiger charge is -2.15. The summed E-state index contributed by atoms with van der Waals surface area (Å²) in [5, 5.41) is 12.5. The van der Waals surface area contributed by atoms with Gasteiger partial charge >= 0.3 is 5.97 Å². The molecule has 0 aromatic heterocycles. The molecule has 0 saturated carbocycles. The maximum Gasteiger partial charge on any atom is 0.342 e. The van der Waals surface area contributed by atoms with Gasteiger partial charge in [0.1, 0.15) is 22.8 Å². The minimum Gasteiger partial charge on any atom is -0.507 e. The summed E-state index contributed by atoms with van der Waals surface area (Å²) in [6.07, 6.45) is -1.07. The van der Waals surface area contributed by atoms with Crippen molar-refractivity contribution in [2.45, 2.75) is 13.0 Å². The molecule has 0 saturated heterocycles. The Morgan fingerprint density at radius 1 is 1.08 bits per heavy atom. The van der Waals surface area contributed by atoms with Crippen LogP contribution in [0.2, 0.25) is 0 Å². The monoisotopic (exact) mass is 345 g/mol. The van der Waals surface area contributed by atoms with Crippen LogP contribution in [-0.2, 0) is 9.53 Å². The van der Waals surface area contributed by atoms with Crippen LogP contribution in [0.4, 0.5) is 5.69 Å². The normalized spacial score (nSPS) is 11.3. The third-order valence-corrected chi connectivity index (χ3v) is 3.44. The largest absolute Gasteiger partial charge is 0.507 e. The van der Waals surface area contributed by atoms with Gasteiger partial charge in [-0.3, -0.25) is 4.79 Å². The van der Waals surface area contributed by atoms with Gasteiger partial charge in [-0.25, -0.2) is 4.79 Å². The van der Waals surface area contributed by atoms with Gasteiger partial charge in [-0.15, -0.1) is 0 Å². The molecule has 2 N–H and O–H groups in total. The molecule has 0 aliphatic rings. The van der Waals surface area contributed by atoms with E-state index in [1.54, 1.807) is 24.3 Å². The number of rotatable bonds is 6. The molecule has 7 nitrogen and oxygen atoms in total. The number of benzene rings is 2. The Morgan fingerprint density at radius 3 is 2.44 bits per heavy atom. The molecule has 0 heterocycles. The van der Waals surface area contributed by atoms with Crippen LogP contribution in [0.25, 0.3) is 0 Å². The average Bonchev–Trinajstić information content (AvgIpc) is 2.61. The van der Waals surface area contributed by atoms with Gasteiger partial charge < -0.3 is 24.6 Å². The van der Waals surface area contributed by atoms with Crippen LogP contribution in [0, 0.1) is 0 Å². The molecular weight excluding hydrogens is 326 g/mol. The van der Waals surface area contributed by atoms with E-state index < -0.39 is 18.0 Å². The van der Waals surface area contributed by atoms with Crippen LogP contribution in [0.5, 0.6) is 17.2 Å². The van der Waals surface area contributed by atoms with Crippen LogP contribution in [0.15, 0.2) is 42.5 Å². The lowest BCUT2D eigenvalue weighted by molar-refractivity contribution is -0.123. The van der Waals surface area contributed by atoms with Crippen LogP contribution in [0.3, 0.4) is 0 Å². The van der Waals surface area contributed by atoms with E-state index >= 15 is 0 Å². The third-order valence-electron chi connectivity index (χ3n) is 3.44. The first-order valence-electron chi connectivity index (χ1n) is 7.48. The standard InChI is InChI=1S/C18H19NO6/c1-11(17(21)19-14-6-4-5-7-16(14)24-3)25-18(22)13-9-8-12(23-2)10-15(13)20/h4-11,20H,1-3H3,(H,19,21)/t11-/m0/s1. The van der Waals surface area contributed by atoms with E-state index in [-0.39, 0.29) is 11.3 Å². The van der Waals surface area contributed by atoms with Gasteiger partial charge in [-0.1, -0.05) is 12.1 Å². The number of nitrogens with one attached hydrogen (secondary N) is 1. The lowest BCUT2D eigenvalue weighted by atomic mass is 10.2. The lowest BCUT2D eigenvalue weighted by Crippen LogP contribution is -2.30. The highest BCUT2D eigenvalue weighted by molar-refractivity contribution is 5.99. The summed E-state index contributed by atoms with van der Waals surface area (Å²) in [5.41, 5.74) is 0.405. The Hall–Kier alpha value is -3.22. The van der Waals surface area contributed by atoms with Crippen molar-refractivity contribution in [3.05, 3.63) is 48.0 Å². The minimum absolute atomic E-state index is 0.0576. The first-order chi connectivity index (χ1) is 12.0. The molecule has 0 aliphatic heterocycles. The Morgan fingerprint density at radius 2 is 1.80 bits per heavy atom. The number of para-hydroxylation sites is 2. The number of anilines is 1. The molecule has 0 unspecified atom stereocenters. The molecule has 2 aromatic rings. The number of carbonyl (C=O) groups is 2. The highest BCUT2D eigenvalue weighted by Crippen LogP contribution is 2.25. The topological polar surface area (TPSA) is 94.1 Å². The van der Waals surface area contributed by atoms with Gasteiger partial charge in [0.2, 0.25) is 0 Å².